The van der Waals surface area contributed by atoms with Crippen molar-refractivity contribution in [3.63, 3.8) is 0 Å². The summed E-state index contributed by atoms with van der Waals surface area (Å²) in [6, 6.07) is 81.7. The number of benzene rings is 10. The Balaban J connectivity index is 1.29. The molecule has 0 aliphatic rings. The second kappa shape index (κ2) is 14.0. The van der Waals surface area contributed by atoms with Gasteiger partial charge in [-0.1, -0.05) is 182 Å². The van der Waals surface area contributed by atoms with Gasteiger partial charge >= 0.3 is 0 Å². The topological polar surface area (TPSA) is 3.24 Å². The van der Waals surface area contributed by atoms with Crippen molar-refractivity contribution in [2.75, 3.05) is 4.90 Å². The summed E-state index contributed by atoms with van der Waals surface area (Å²) in [7, 11) is 0. The van der Waals surface area contributed by atoms with Crippen LogP contribution in [0, 0.1) is 0 Å². The SMILES string of the molecule is c1ccc(-c2cc(-c3ccccc3)cc(N(c3ccccc3-c3ccc4ccccc4c3)c3ccccc3-c3cc4ccccc4c4ccccc34)c2)cc1. The van der Waals surface area contributed by atoms with Gasteiger partial charge in [-0.3, -0.25) is 0 Å². The molecule has 0 radical (unpaired) electrons. The molecular weight excluding hydrogens is 663 g/mol. The average Bonchev–Trinajstić information content (AvgIpc) is 3.27. The molecule has 0 aliphatic carbocycles. The summed E-state index contributed by atoms with van der Waals surface area (Å²) < 4.78 is 0. The quantitative estimate of drug-likeness (QED) is 0.150. The first-order valence-electron chi connectivity index (χ1n) is 18.9. The lowest BCUT2D eigenvalue weighted by Gasteiger charge is -2.31. The summed E-state index contributed by atoms with van der Waals surface area (Å²) in [5.74, 6) is 0. The second-order valence-corrected chi connectivity index (χ2v) is 14.1. The van der Waals surface area contributed by atoms with E-state index >= 15 is 0 Å². The minimum atomic E-state index is 1.09. The summed E-state index contributed by atoms with van der Waals surface area (Å²) in [6.07, 6.45) is 0. The zero-order valence-electron chi connectivity index (χ0n) is 30.3. The van der Waals surface area contributed by atoms with E-state index < -0.39 is 0 Å². The van der Waals surface area contributed by atoms with Crippen LogP contribution in [-0.2, 0) is 0 Å². The van der Waals surface area contributed by atoms with Crippen molar-refractivity contribution in [2.24, 2.45) is 0 Å². The summed E-state index contributed by atoms with van der Waals surface area (Å²) in [5.41, 5.74) is 12.7. The Kier molecular flexibility index (Phi) is 8.24. The van der Waals surface area contributed by atoms with Crippen molar-refractivity contribution in [2.45, 2.75) is 0 Å². The molecule has 0 N–H and O–H groups in total. The highest BCUT2D eigenvalue weighted by Gasteiger charge is 2.23. The number of hydrogen-bond donors (Lipinski definition) is 0. The van der Waals surface area contributed by atoms with Crippen LogP contribution in [0.4, 0.5) is 17.1 Å². The first-order chi connectivity index (χ1) is 27.3. The van der Waals surface area contributed by atoms with E-state index in [2.05, 4.69) is 229 Å². The van der Waals surface area contributed by atoms with Gasteiger partial charge in [0.25, 0.3) is 0 Å². The van der Waals surface area contributed by atoms with Crippen LogP contribution in [0.2, 0.25) is 0 Å². The Labute approximate surface area is 322 Å². The van der Waals surface area contributed by atoms with Gasteiger partial charge in [0.1, 0.15) is 0 Å². The van der Waals surface area contributed by atoms with Crippen LogP contribution in [0.3, 0.4) is 0 Å². The molecule has 0 heterocycles. The van der Waals surface area contributed by atoms with Crippen LogP contribution in [0.1, 0.15) is 0 Å². The van der Waals surface area contributed by atoms with Gasteiger partial charge in [-0.15, -0.1) is 0 Å². The minimum Gasteiger partial charge on any atom is -0.309 e. The third-order valence-electron chi connectivity index (χ3n) is 10.8. The molecular formula is C54H37N. The molecule has 10 aromatic carbocycles. The molecule has 0 atom stereocenters. The van der Waals surface area contributed by atoms with Crippen LogP contribution in [0.15, 0.2) is 224 Å². The van der Waals surface area contributed by atoms with Crippen molar-refractivity contribution in [1.29, 1.82) is 0 Å². The number of rotatable bonds is 7. The fraction of sp³-hybridized carbons (Fsp3) is 0. The van der Waals surface area contributed by atoms with Gasteiger partial charge in [0, 0.05) is 16.8 Å². The van der Waals surface area contributed by atoms with Crippen molar-refractivity contribution in [3.05, 3.63) is 224 Å². The summed E-state index contributed by atoms with van der Waals surface area (Å²) in [6.45, 7) is 0. The highest BCUT2D eigenvalue weighted by molar-refractivity contribution is 6.15. The van der Waals surface area contributed by atoms with E-state index in [4.69, 9.17) is 0 Å². The molecule has 0 saturated heterocycles. The molecule has 10 rings (SSSR count). The number of anilines is 3. The first kappa shape index (κ1) is 32.4. The molecule has 0 saturated carbocycles. The van der Waals surface area contributed by atoms with E-state index in [0.29, 0.717) is 0 Å². The standard InChI is InChI=1S/C54H37N/c1-3-17-38(18-4-1)44-34-45(39-19-5-2-6-20-39)36-46(35-44)55(53-29-15-13-25-48(53)43-32-31-40-21-7-8-22-41(40)33-43)54-30-16-14-28-51(54)52-37-42-23-9-10-24-47(42)49-26-11-12-27-50(49)52/h1-37H. The fourth-order valence-corrected chi connectivity index (χ4v) is 8.19. The predicted molar refractivity (Wildman–Crippen MR) is 235 cm³/mol. The minimum absolute atomic E-state index is 1.09. The molecule has 0 aliphatic heterocycles. The molecule has 258 valence electrons. The van der Waals surface area contributed by atoms with Gasteiger partial charge in [0.15, 0.2) is 0 Å². The van der Waals surface area contributed by atoms with Crippen LogP contribution < -0.4 is 4.90 Å². The molecule has 0 unspecified atom stereocenters. The van der Waals surface area contributed by atoms with Gasteiger partial charge in [0.2, 0.25) is 0 Å². The van der Waals surface area contributed by atoms with Crippen molar-refractivity contribution < 1.29 is 0 Å². The van der Waals surface area contributed by atoms with E-state index in [1.165, 1.54) is 71.3 Å². The third kappa shape index (κ3) is 6.02. The second-order valence-electron chi connectivity index (χ2n) is 14.1. The predicted octanol–water partition coefficient (Wildman–Crippen LogP) is 15.3. The first-order valence-corrected chi connectivity index (χ1v) is 18.9. The number of para-hydroxylation sites is 2. The van der Waals surface area contributed by atoms with Gasteiger partial charge < -0.3 is 4.90 Å². The summed E-state index contributed by atoms with van der Waals surface area (Å²) in [5, 5.41) is 7.44. The maximum absolute atomic E-state index is 2.49. The van der Waals surface area contributed by atoms with Crippen molar-refractivity contribution in [3.8, 4) is 44.5 Å². The molecule has 1 nitrogen and oxygen atoms in total. The lowest BCUT2D eigenvalue weighted by molar-refractivity contribution is 1.28. The average molecular weight is 700 g/mol. The largest absolute Gasteiger partial charge is 0.309 e. The van der Waals surface area contributed by atoms with Crippen LogP contribution >= 0.6 is 0 Å². The molecule has 0 fully saturated rings. The molecule has 1 heteroatoms. The number of nitrogens with zero attached hydrogens (tertiary/aromatic N) is 1. The maximum atomic E-state index is 2.49. The van der Waals surface area contributed by atoms with E-state index in [9.17, 15) is 0 Å². The Morgan fingerprint density at radius 2 is 0.745 bits per heavy atom. The molecule has 55 heavy (non-hydrogen) atoms. The molecule has 0 aromatic heterocycles. The zero-order chi connectivity index (χ0) is 36.6. The fourth-order valence-electron chi connectivity index (χ4n) is 8.19. The molecule has 0 spiro atoms. The normalized spacial score (nSPS) is 11.3. The lowest BCUT2D eigenvalue weighted by atomic mass is 9.91. The van der Waals surface area contributed by atoms with Crippen LogP contribution in [0.25, 0.3) is 76.8 Å². The van der Waals surface area contributed by atoms with Gasteiger partial charge in [-0.2, -0.15) is 0 Å². The molecule has 0 bridgehead atoms. The van der Waals surface area contributed by atoms with E-state index in [1.807, 2.05) is 0 Å². The van der Waals surface area contributed by atoms with Gasteiger partial charge in [-0.25, -0.2) is 0 Å². The zero-order valence-corrected chi connectivity index (χ0v) is 30.3. The maximum Gasteiger partial charge on any atom is 0.0540 e. The van der Waals surface area contributed by atoms with E-state index in [0.717, 1.165) is 22.6 Å². The van der Waals surface area contributed by atoms with Gasteiger partial charge in [0.05, 0.1) is 11.4 Å². The Bertz CT molecular complexity index is 2920. The highest BCUT2D eigenvalue weighted by Crippen LogP contribution is 2.48. The Morgan fingerprint density at radius 3 is 1.44 bits per heavy atom. The monoisotopic (exact) mass is 699 g/mol. The lowest BCUT2D eigenvalue weighted by Crippen LogP contribution is -2.13. The van der Waals surface area contributed by atoms with Crippen molar-refractivity contribution >= 4 is 49.4 Å². The van der Waals surface area contributed by atoms with Crippen molar-refractivity contribution in [1.82, 2.24) is 0 Å². The summed E-state index contributed by atoms with van der Waals surface area (Å²) in [4.78, 5) is 2.49. The van der Waals surface area contributed by atoms with Gasteiger partial charge in [-0.05, 0) is 108 Å². The Morgan fingerprint density at radius 1 is 0.236 bits per heavy atom. The summed E-state index contributed by atoms with van der Waals surface area (Å²) >= 11 is 0. The third-order valence-corrected chi connectivity index (χ3v) is 10.8. The number of hydrogen-bond acceptors (Lipinski definition) is 1. The molecule has 10 aromatic rings. The van der Waals surface area contributed by atoms with Crippen LogP contribution in [-0.4, -0.2) is 0 Å². The molecule has 0 amide bonds. The smallest absolute Gasteiger partial charge is 0.0540 e. The van der Waals surface area contributed by atoms with E-state index in [1.54, 1.807) is 0 Å². The Hall–Kier alpha value is -7.22. The van der Waals surface area contributed by atoms with E-state index in [-0.39, 0.29) is 0 Å². The van der Waals surface area contributed by atoms with Crippen LogP contribution in [0.5, 0.6) is 0 Å². The highest BCUT2D eigenvalue weighted by atomic mass is 15.1. The number of fused-ring (bicyclic) bond motifs is 4.